The Morgan fingerprint density at radius 1 is 1.31 bits per heavy atom. The SMILES string of the molecule is Cl.O=C(O)C1(C2CCNCC2)CC1. The third kappa shape index (κ3) is 1.81. The van der Waals surface area contributed by atoms with E-state index in [1.54, 1.807) is 0 Å². The largest absolute Gasteiger partial charge is 0.481 e. The lowest BCUT2D eigenvalue weighted by molar-refractivity contribution is -0.146. The van der Waals surface area contributed by atoms with Gasteiger partial charge in [-0.1, -0.05) is 0 Å². The summed E-state index contributed by atoms with van der Waals surface area (Å²) >= 11 is 0. The lowest BCUT2D eigenvalue weighted by Gasteiger charge is -2.27. The standard InChI is InChI=1S/C9H15NO2.ClH/c11-8(12)9(3-4-9)7-1-5-10-6-2-7;/h7,10H,1-6H2,(H,11,12);1H. The van der Waals surface area contributed by atoms with Gasteiger partial charge in [0.1, 0.15) is 0 Å². The number of aliphatic carboxylic acids is 1. The molecule has 0 aromatic heterocycles. The highest BCUT2D eigenvalue weighted by molar-refractivity contribution is 5.85. The summed E-state index contributed by atoms with van der Waals surface area (Å²) in [6, 6.07) is 0. The maximum atomic E-state index is 11.0. The van der Waals surface area contributed by atoms with E-state index >= 15 is 0 Å². The molecule has 2 rings (SSSR count). The Kier molecular flexibility index (Phi) is 3.19. The molecule has 0 bridgehead atoms. The highest BCUT2D eigenvalue weighted by atomic mass is 35.5. The second-order valence-corrected chi connectivity index (χ2v) is 3.99. The van der Waals surface area contributed by atoms with Crippen molar-refractivity contribution in [2.75, 3.05) is 13.1 Å². The van der Waals surface area contributed by atoms with E-state index in [4.69, 9.17) is 5.11 Å². The van der Waals surface area contributed by atoms with Gasteiger partial charge in [-0.15, -0.1) is 12.4 Å². The summed E-state index contributed by atoms with van der Waals surface area (Å²) in [4.78, 5) is 11.0. The molecule has 4 heteroatoms. The first-order valence-electron chi connectivity index (χ1n) is 4.70. The first-order chi connectivity index (χ1) is 5.76. The minimum Gasteiger partial charge on any atom is -0.481 e. The van der Waals surface area contributed by atoms with Gasteiger partial charge in [0.15, 0.2) is 0 Å². The van der Waals surface area contributed by atoms with E-state index in [0.717, 1.165) is 38.8 Å². The van der Waals surface area contributed by atoms with Gasteiger partial charge in [-0.3, -0.25) is 4.79 Å². The van der Waals surface area contributed by atoms with Crippen molar-refractivity contribution in [3.63, 3.8) is 0 Å². The van der Waals surface area contributed by atoms with Crippen molar-refractivity contribution in [2.45, 2.75) is 25.7 Å². The highest BCUT2D eigenvalue weighted by Crippen LogP contribution is 2.54. The van der Waals surface area contributed by atoms with E-state index < -0.39 is 5.97 Å². The summed E-state index contributed by atoms with van der Waals surface area (Å²) in [6.45, 7) is 2.00. The highest BCUT2D eigenvalue weighted by Gasteiger charge is 2.55. The fourth-order valence-electron chi connectivity index (χ4n) is 2.31. The fourth-order valence-corrected chi connectivity index (χ4v) is 2.31. The fraction of sp³-hybridized carbons (Fsp3) is 0.889. The molecule has 0 amide bonds. The molecule has 2 fully saturated rings. The van der Waals surface area contributed by atoms with Crippen LogP contribution in [-0.2, 0) is 4.79 Å². The molecule has 0 spiro atoms. The average molecular weight is 206 g/mol. The Labute approximate surface area is 84.3 Å². The quantitative estimate of drug-likeness (QED) is 0.714. The zero-order chi connectivity index (χ0) is 8.60. The zero-order valence-corrected chi connectivity index (χ0v) is 8.40. The Morgan fingerprint density at radius 3 is 2.23 bits per heavy atom. The van der Waals surface area contributed by atoms with Crippen LogP contribution in [0.2, 0.25) is 0 Å². The lowest BCUT2D eigenvalue weighted by Crippen LogP contribution is -2.35. The van der Waals surface area contributed by atoms with E-state index in [1.165, 1.54) is 0 Å². The number of carboxylic acid groups (broad SMARTS) is 1. The number of piperidine rings is 1. The average Bonchev–Trinajstić information content (AvgIpc) is 2.86. The van der Waals surface area contributed by atoms with Crippen molar-refractivity contribution < 1.29 is 9.90 Å². The number of hydrogen-bond acceptors (Lipinski definition) is 2. The van der Waals surface area contributed by atoms with Crippen LogP contribution < -0.4 is 5.32 Å². The van der Waals surface area contributed by atoms with Crippen molar-refractivity contribution in [3.05, 3.63) is 0 Å². The van der Waals surface area contributed by atoms with Crippen LogP contribution >= 0.6 is 12.4 Å². The van der Waals surface area contributed by atoms with Gasteiger partial charge in [-0.2, -0.15) is 0 Å². The first kappa shape index (κ1) is 10.8. The van der Waals surface area contributed by atoms with Crippen LogP contribution in [0.5, 0.6) is 0 Å². The van der Waals surface area contributed by atoms with Gasteiger partial charge in [0.2, 0.25) is 0 Å². The van der Waals surface area contributed by atoms with Crippen molar-refractivity contribution in [3.8, 4) is 0 Å². The molecule has 0 aromatic carbocycles. The van der Waals surface area contributed by atoms with Crippen molar-refractivity contribution >= 4 is 18.4 Å². The number of hydrogen-bond donors (Lipinski definition) is 2. The van der Waals surface area contributed by atoms with E-state index in [-0.39, 0.29) is 17.8 Å². The van der Waals surface area contributed by atoms with E-state index in [1.807, 2.05) is 0 Å². The Bertz CT molecular complexity index is 198. The molecule has 2 aliphatic rings. The van der Waals surface area contributed by atoms with Crippen molar-refractivity contribution in [1.82, 2.24) is 5.32 Å². The van der Waals surface area contributed by atoms with Crippen molar-refractivity contribution in [1.29, 1.82) is 0 Å². The zero-order valence-electron chi connectivity index (χ0n) is 7.58. The van der Waals surface area contributed by atoms with Gasteiger partial charge in [0, 0.05) is 0 Å². The molecule has 0 unspecified atom stereocenters. The van der Waals surface area contributed by atoms with Crippen LogP contribution in [0.3, 0.4) is 0 Å². The number of halogens is 1. The molecule has 1 saturated heterocycles. The van der Waals surface area contributed by atoms with Gasteiger partial charge < -0.3 is 10.4 Å². The third-order valence-corrected chi connectivity index (χ3v) is 3.34. The number of carbonyl (C=O) groups is 1. The van der Waals surface area contributed by atoms with Gasteiger partial charge in [0.25, 0.3) is 0 Å². The normalized spacial score (nSPS) is 26.2. The smallest absolute Gasteiger partial charge is 0.309 e. The molecule has 3 nitrogen and oxygen atoms in total. The van der Waals surface area contributed by atoms with Crippen LogP contribution in [0.4, 0.5) is 0 Å². The number of rotatable bonds is 2. The molecule has 1 heterocycles. The third-order valence-electron chi connectivity index (χ3n) is 3.34. The van der Waals surface area contributed by atoms with Crippen LogP contribution in [0.1, 0.15) is 25.7 Å². The maximum absolute atomic E-state index is 11.0. The topological polar surface area (TPSA) is 49.3 Å². The van der Waals surface area contributed by atoms with Crippen molar-refractivity contribution in [2.24, 2.45) is 11.3 Å². The molecule has 0 aromatic rings. The first-order valence-corrected chi connectivity index (χ1v) is 4.70. The summed E-state index contributed by atoms with van der Waals surface area (Å²) in [6.07, 6.45) is 3.92. The second kappa shape index (κ2) is 3.84. The minimum absolute atomic E-state index is 0. The van der Waals surface area contributed by atoms with E-state index in [9.17, 15) is 4.79 Å². The molecule has 1 aliphatic heterocycles. The van der Waals surface area contributed by atoms with E-state index in [0.29, 0.717) is 5.92 Å². The van der Waals surface area contributed by atoms with Crippen LogP contribution in [0.15, 0.2) is 0 Å². The maximum Gasteiger partial charge on any atom is 0.309 e. The van der Waals surface area contributed by atoms with Gasteiger partial charge in [-0.05, 0) is 44.7 Å². The Morgan fingerprint density at radius 2 is 1.85 bits per heavy atom. The summed E-state index contributed by atoms with van der Waals surface area (Å²) in [7, 11) is 0. The van der Waals surface area contributed by atoms with Gasteiger partial charge in [0.05, 0.1) is 5.41 Å². The monoisotopic (exact) mass is 205 g/mol. The summed E-state index contributed by atoms with van der Waals surface area (Å²) in [5.74, 6) is -0.120. The van der Waals surface area contributed by atoms with Crippen LogP contribution in [0.25, 0.3) is 0 Å². The summed E-state index contributed by atoms with van der Waals surface area (Å²) < 4.78 is 0. The Hall–Kier alpha value is -0.280. The van der Waals surface area contributed by atoms with Crippen LogP contribution in [-0.4, -0.2) is 24.2 Å². The number of carboxylic acids is 1. The molecule has 13 heavy (non-hydrogen) atoms. The molecular formula is C9H16ClNO2. The molecular weight excluding hydrogens is 190 g/mol. The lowest BCUT2D eigenvalue weighted by atomic mass is 9.82. The molecule has 1 saturated carbocycles. The van der Waals surface area contributed by atoms with E-state index in [2.05, 4.69) is 5.32 Å². The molecule has 0 atom stereocenters. The predicted octanol–water partition coefficient (Wildman–Crippen LogP) is 1.27. The minimum atomic E-state index is -0.561. The number of nitrogens with one attached hydrogen (secondary N) is 1. The van der Waals surface area contributed by atoms with Gasteiger partial charge >= 0.3 is 5.97 Å². The summed E-state index contributed by atoms with van der Waals surface area (Å²) in [5.41, 5.74) is -0.303. The van der Waals surface area contributed by atoms with Gasteiger partial charge in [-0.25, -0.2) is 0 Å². The molecule has 1 aliphatic carbocycles. The Balaban J connectivity index is 0.000000845. The molecule has 0 radical (unpaired) electrons. The second-order valence-electron chi connectivity index (χ2n) is 3.99. The predicted molar refractivity (Wildman–Crippen MR) is 52.1 cm³/mol. The molecule has 76 valence electrons. The summed E-state index contributed by atoms with van der Waals surface area (Å²) in [5, 5.41) is 12.3. The van der Waals surface area contributed by atoms with Crippen LogP contribution in [0, 0.1) is 11.3 Å². The molecule has 2 N–H and O–H groups in total.